The van der Waals surface area contributed by atoms with Gasteiger partial charge in [-0.05, 0) is 12.1 Å². The highest BCUT2D eigenvalue weighted by Gasteiger charge is 2.26. The quantitative estimate of drug-likeness (QED) is 0.754. The van der Waals surface area contributed by atoms with Gasteiger partial charge in [0.15, 0.2) is 0 Å². The zero-order valence-electron chi connectivity index (χ0n) is 10.8. The Balaban J connectivity index is 2.47. The third-order valence-corrected chi connectivity index (χ3v) is 4.32. The van der Waals surface area contributed by atoms with Crippen LogP contribution in [0, 0.1) is 0 Å². The number of nitrogens with zero attached hydrogens (tertiary/aromatic N) is 1. The van der Waals surface area contributed by atoms with Crippen LogP contribution in [-0.4, -0.2) is 36.8 Å². The van der Waals surface area contributed by atoms with Gasteiger partial charge in [0.1, 0.15) is 17.2 Å². The standard InChI is InChI=1S/C13H12N2O5S/c16-8-6-10(13(17)18)15-21(19,20)11-5-1-3-9-4-2-7-14-12(9)11/h1-5,7-8,10,15H,6H2,(H,17,18). The lowest BCUT2D eigenvalue weighted by Crippen LogP contribution is -2.41. The Hall–Kier alpha value is -2.32. The van der Waals surface area contributed by atoms with E-state index in [0.29, 0.717) is 11.7 Å². The summed E-state index contributed by atoms with van der Waals surface area (Å²) in [4.78, 5) is 25.3. The second kappa shape index (κ2) is 5.98. The maximum Gasteiger partial charge on any atom is 0.322 e. The Labute approximate surface area is 120 Å². The number of nitrogens with one attached hydrogen (secondary N) is 1. The molecule has 0 radical (unpaired) electrons. The van der Waals surface area contributed by atoms with Gasteiger partial charge in [-0.15, -0.1) is 0 Å². The molecule has 2 N–H and O–H groups in total. The minimum Gasteiger partial charge on any atom is -0.480 e. The van der Waals surface area contributed by atoms with Crippen LogP contribution in [0.15, 0.2) is 41.4 Å². The zero-order chi connectivity index (χ0) is 15.5. The van der Waals surface area contributed by atoms with Gasteiger partial charge in [-0.25, -0.2) is 8.42 Å². The summed E-state index contributed by atoms with van der Waals surface area (Å²) in [5.41, 5.74) is 0.239. The van der Waals surface area contributed by atoms with Crippen LogP contribution in [-0.2, 0) is 19.6 Å². The SMILES string of the molecule is O=CCC(NS(=O)(=O)c1cccc2cccnc12)C(=O)O. The first kappa shape index (κ1) is 15.1. The zero-order valence-corrected chi connectivity index (χ0v) is 11.6. The molecule has 7 nitrogen and oxygen atoms in total. The molecule has 2 aromatic rings. The largest absolute Gasteiger partial charge is 0.480 e. The van der Waals surface area contributed by atoms with Gasteiger partial charge in [-0.2, -0.15) is 4.72 Å². The van der Waals surface area contributed by atoms with Crippen LogP contribution >= 0.6 is 0 Å². The first-order valence-electron chi connectivity index (χ1n) is 5.98. The van der Waals surface area contributed by atoms with Crippen LogP contribution in [0.25, 0.3) is 10.9 Å². The lowest BCUT2D eigenvalue weighted by molar-refractivity contribution is -0.139. The number of fused-ring (bicyclic) bond motifs is 1. The summed E-state index contributed by atoms with van der Waals surface area (Å²) >= 11 is 0. The number of aromatic nitrogens is 1. The molecule has 0 amide bonds. The molecule has 110 valence electrons. The van der Waals surface area contributed by atoms with Crippen molar-refractivity contribution < 1.29 is 23.1 Å². The summed E-state index contributed by atoms with van der Waals surface area (Å²) in [6, 6.07) is 6.42. The molecule has 21 heavy (non-hydrogen) atoms. The van der Waals surface area contributed by atoms with Crippen molar-refractivity contribution in [1.29, 1.82) is 0 Å². The molecule has 1 aromatic heterocycles. The highest BCUT2D eigenvalue weighted by molar-refractivity contribution is 7.89. The second-order valence-corrected chi connectivity index (χ2v) is 5.93. The maximum atomic E-state index is 12.3. The van der Waals surface area contributed by atoms with Gasteiger partial charge in [-0.3, -0.25) is 9.78 Å². The lowest BCUT2D eigenvalue weighted by Gasteiger charge is -2.13. The van der Waals surface area contributed by atoms with Gasteiger partial charge < -0.3 is 9.90 Å². The number of para-hydroxylation sites is 1. The normalized spacial score (nSPS) is 13.0. The predicted molar refractivity (Wildman–Crippen MR) is 74.2 cm³/mol. The summed E-state index contributed by atoms with van der Waals surface area (Å²) in [7, 11) is -4.11. The molecule has 0 aliphatic heterocycles. The predicted octanol–water partition coefficient (Wildman–Crippen LogP) is 0.555. The number of hydrogen-bond acceptors (Lipinski definition) is 5. The molecular weight excluding hydrogens is 296 g/mol. The highest BCUT2D eigenvalue weighted by Crippen LogP contribution is 2.20. The molecule has 8 heteroatoms. The Morgan fingerprint density at radius 1 is 1.33 bits per heavy atom. The number of carbonyl (C=O) groups is 2. The van der Waals surface area contributed by atoms with Crippen molar-refractivity contribution in [2.75, 3.05) is 0 Å². The fourth-order valence-electron chi connectivity index (χ4n) is 1.84. The summed E-state index contributed by atoms with van der Waals surface area (Å²) in [6.45, 7) is 0. The fourth-order valence-corrected chi connectivity index (χ4v) is 3.22. The third kappa shape index (κ3) is 3.23. The van der Waals surface area contributed by atoms with E-state index >= 15 is 0 Å². The van der Waals surface area contributed by atoms with Gasteiger partial charge in [-0.1, -0.05) is 18.2 Å². The molecule has 1 heterocycles. The van der Waals surface area contributed by atoms with Crippen LogP contribution in [0.4, 0.5) is 0 Å². The van der Waals surface area contributed by atoms with Crippen LogP contribution in [0.3, 0.4) is 0 Å². The number of benzene rings is 1. The van der Waals surface area contributed by atoms with Crippen molar-refractivity contribution in [2.45, 2.75) is 17.4 Å². The second-order valence-electron chi connectivity index (χ2n) is 4.25. The number of carboxylic acids is 1. The maximum absolute atomic E-state index is 12.3. The Morgan fingerprint density at radius 2 is 2.05 bits per heavy atom. The minimum atomic E-state index is -4.11. The van der Waals surface area contributed by atoms with E-state index in [9.17, 15) is 18.0 Å². The van der Waals surface area contributed by atoms with Crippen molar-refractivity contribution in [1.82, 2.24) is 9.71 Å². The van der Waals surface area contributed by atoms with E-state index in [2.05, 4.69) is 4.98 Å². The van der Waals surface area contributed by atoms with Gasteiger partial charge >= 0.3 is 5.97 Å². The number of pyridine rings is 1. The summed E-state index contributed by atoms with van der Waals surface area (Å²) in [5.74, 6) is -1.42. The summed E-state index contributed by atoms with van der Waals surface area (Å²) < 4.78 is 26.6. The Bertz CT molecular complexity index is 783. The van der Waals surface area contributed by atoms with Gasteiger partial charge in [0.05, 0.1) is 5.52 Å². The fraction of sp³-hybridized carbons (Fsp3) is 0.154. The first-order chi connectivity index (χ1) is 9.95. The smallest absolute Gasteiger partial charge is 0.322 e. The molecule has 0 aliphatic carbocycles. The van der Waals surface area contributed by atoms with E-state index in [0.717, 1.165) is 0 Å². The molecule has 1 atom stereocenters. The molecule has 0 spiro atoms. The van der Waals surface area contributed by atoms with E-state index in [4.69, 9.17) is 5.11 Å². The Kier molecular flexibility index (Phi) is 4.29. The number of carboxylic acid groups (broad SMARTS) is 1. The number of rotatable bonds is 6. The molecule has 1 unspecified atom stereocenters. The molecule has 0 saturated carbocycles. The van der Waals surface area contributed by atoms with Gasteiger partial charge in [0.2, 0.25) is 10.0 Å². The van der Waals surface area contributed by atoms with Gasteiger partial charge in [0.25, 0.3) is 0 Å². The van der Waals surface area contributed by atoms with E-state index in [1.165, 1.54) is 18.3 Å². The van der Waals surface area contributed by atoms with E-state index < -0.39 is 28.5 Å². The lowest BCUT2D eigenvalue weighted by atomic mass is 10.2. The van der Waals surface area contributed by atoms with Crippen molar-refractivity contribution in [3.63, 3.8) is 0 Å². The summed E-state index contributed by atoms with van der Waals surface area (Å²) in [5, 5.41) is 9.54. The third-order valence-electron chi connectivity index (χ3n) is 2.81. The van der Waals surface area contributed by atoms with Gasteiger partial charge in [0, 0.05) is 18.0 Å². The number of hydrogen-bond donors (Lipinski definition) is 2. The average Bonchev–Trinajstić information content (AvgIpc) is 2.46. The van der Waals surface area contributed by atoms with Crippen LogP contribution < -0.4 is 4.72 Å². The van der Waals surface area contributed by atoms with Crippen molar-refractivity contribution in [2.24, 2.45) is 0 Å². The van der Waals surface area contributed by atoms with E-state index in [-0.39, 0.29) is 10.4 Å². The average molecular weight is 308 g/mol. The molecule has 2 rings (SSSR count). The van der Waals surface area contributed by atoms with Crippen molar-refractivity contribution >= 4 is 33.2 Å². The minimum absolute atomic E-state index is 0.127. The number of aliphatic carboxylic acids is 1. The van der Waals surface area contributed by atoms with Crippen molar-refractivity contribution in [3.05, 3.63) is 36.5 Å². The molecule has 0 bridgehead atoms. The topological polar surface area (TPSA) is 113 Å². The molecule has 0 saturated heterocycles. The number of aldehydes is 1. The first-order valence-corrected chi connectivity index (χ1v) is 7.46. The van der Waals surface area contributed by atoms with E-state index in [1.54, 1.807) is 18.2 Å². The number of carbonyl (C=O) groups excluding carboxylic acids is 1. The summed E-state index contributed by atoms with van der Waals surface area (Å²) in [6.07, 6.45) is 1.34. The van der Waals surface area contributed by atoms with Crippen LogP contribution in [0.2, 0.25) is 0 Å². The monoisotopic (exact) mass is 308 g/mol. The van der Waals surface area contributed by atoms with Crippen LogP contribution in [0.1, 0.15) is 6.42 Å². The van der Waals surface area contributed by atoms with Crippen molar-refractivity contribution in [3.8, 4) is 0 Å². The molecule has 0 aliphatic rings. The number of sulfonamides is 1. The highest BCUT2D eigenvalue weighted by atomic mass is 32.2. The molecule has 0 fully saturated rings. The Morgan fingerprint density at radius 3 is 2.71 bits per heavy atom. The molecule has 1 aromatic carbocycles. The van der Waals surface area contributed by atoms with E-state index in [1.807, 2.05) is 4.72 Å². The molecular formula is C13H12N2O5S. The van der Waals surface area contributed by atoms with Crippen LogP contribution in [0.5, 0.6) is 0 Å².